The second-order valence-electron chi connectivity index (χ2n) is 6.14. The van der Waals surface area contributed by atoms with Crippen LogP contribution in [-0.2, 0) is 18.4 Å². The Balaban J connectivity index is 1.56. The van der Waals surface area contributed by atoms with Gasteiger partial charge >= 0.3 is 0 Å². The molecule has 0 radical (unpaired) electrons. The molecule has 0 saturated carbocycles. The lowest BCUT2D eigenvalue weighted by Crippen LogP contribution is -2.15. The number of anilines is 1. The highest BCUT2D eigenvalue weighted by atomic mass is 35.5. The van der Waals surface area contributed by atoms with Gasteiger partial charge in [0.1, 0.15) is 24.0 Å². The van der Waals surface area contributed by atoms with Crippen LogP contribution in [0.4, 0.5) is 14.5 Å². The minimum absolute atomic E-state index is 0.0205. The van der Waals surface area contributed by atoms with Crippen molar-refractivity contribution in [2.75, 3.05) is 11.1 Å². The molecular weight excluding hydrogens is 422 g/mol. The first-order chi connectivity index (χ1) is 13.8. The van der Waals surface area contributed by atoms with Crippen molar-refractivity contribution in [3.8, 4) is 5.75 Å². The van der Waals surface area contributed by atoms with Crippen LogP contribution in [0.15, 0.2) is 41.6 Å². The maximum Gasteiger partial charge on any atom is 0.234 e. The maximum atomic E-state index is 13.6. The smallest absolute Gasteiger partial charge is 0.234 e. The number of amides is 1. The third-order valence-electron chi connectivity index (χ3n) is 3.91. The van der Waals surface area contributed by atoms with Crippen molar-refractivity contribution in [3.05, 3.63) is 64.4 Å². The van der Waals surface area contributed by atoms with Gasteiger partial charge in [0.2, 0.25) is 5.91 Å². The van der Waals surface area contributed by atoms with Gasteiger partial charge in [-0.15, -0.1) is 10.2 Å². The summed E-state index contributed by atoms with van der Waals surface area (Å²) >= 11 is 7.25. The fourth-order valence-electron chi connectivity index (χ4n) is 2.37. The quantitative estimate of drug-likeness (QED) is 0.555. The van der Waals surface area contributed by atoms with Crippen molar-refractivity contribution in [2.24, 2.45) is 7.05 Å². The number of thioether (sulfide) groups is 1. The van der Waals surface area contributed by atoms with Crippen LogP contribution in [0.2, 0.25) is 5.02 Å². The molecule has 0 fully saturated rings. The SMILES string of the molecule is Cc1ccc(Cl)c(OCc2nnc(SCC(=O)Nc3ccc(F)cc3F)n2C)c1. The topological polar surface area (TPSA) is 69.0 Å². The van der Waals surface area contributed by atoms with E-state index in [1.54, 1.807) is 17.7 Å². The highest BCUT2D eigenvalue weighted by molar-refractivity contribution is 7.99. The van der Waals surface area contributed by atoms with Gasteiger partial charge in [-0.25, -0.2) is 8.78 Å². The molecule has 0 spiro atoms. The van der Waals surface area contributed by atoms with Crippen molar-refractivity contribution in [1.29, 1.82) is 0 Å². The Morgan fingerprint density at radius 1 is 1.24 bits per heavy atom. The van der Waals surface area contributed by atoms with Crippen LogP contribution in [-0.4, -0.2) is 26.4 Å². The first kappa shape index (κ1) is 21.1. The normalized spacial score (nSPS) is 10.8. The molecular formula is C19H17ClF2N4O2S. The minimum Gasteiger partial charge on any atom is -0.484 e. The van der Waals surface area contributed by atoms with Gasteiger partial charge in [0.05, 0.1) is 16.5 Å². The van der Waals surface area contributed by atoms with E-state index in [-0.39, 0.29) is 18.0 Å². The molecule has 0 aliphatic carbocycles. The summed E-state index contributed by atoms with van der Waals surface area (Å²) < 4.78 is 33.9. The first-order valence-corrected chi connectivity index (χ1v) is 9.85. The molecule has 6 nitrogen and oxygen atoms in total. The summed E-state index contributed by atoms with van der Waals surface area (Å²) in [6, 6.07) is 8.41. The van der Waals surface area contributed by atoms with E-state index < -0.39 is 17.5 Å². The third-order valence-corrected chi connectivity index (χ3v) is 5.24. The number of halogens is 3. The Kier molecular flexibility index (Phi) is 6.71. The number of hydrogen-bond acceptors (Lipinski definition) is 5. The van der Waals surface area contributed by atoms with E-state index in [4.69, 9.17) is 16.3 Å². The monoisotopic (exact) mass is 438 g/mol. The zero-order valence-corrected chi connectivity index (χ0v) is 17.2. The van der Waals surface area contributed by atoms with Crippen LogP contribution in [0, 0.1) is 18.6 Å². The lowest BCUT2D eigenvalue weighted by atomic mass is 10.2. The number of aromatic nitrogens is 3. The lowest BCUT2D eigenvalue weighted by Gasteiger charge is -2.09. The van der Waals surface area contributed by atoms with E-state index in [1.807, 2.05) is 19.1 Å². The number of hydrogen-bond donors (Lipinski definition) is 1. The summed E-state index contributed by atoms with van der Waals surface area (Å²) in [5.41, 5.74) is 0.932. The van der Waals surface area contributed by atoms with Gasteiger partial charge in [0, 0.05) is 13.1 Å². The zero-order valence-electron chi connectivity index (χ0n) is 15.6. The Morgan fingerprint density at radius 2 is 2.03 bits per heavy atom. The molecule has 29 heavy (non-hydrogen) atoms. The highest BCUT2D eigenvalue weighted by Crippen LogP contribution is 2.26. The van der Waals surface area contributed by atoms with Gasteiger partial charge in [0.25, 0.3) is 0 Å². The minimum atomic E-state index is -0.837. The molecule has 1 heterocycles. The summed E-state index contributed by atoms with van der Waals surface area (Å²) in [6.07, 6.45) is 0. The van der Waals surface area contributed by atoms with E-state index in [0.29, 0.717) is 27.8 Å². The number of benzene rings is 2. The van der Waals surface area contributed by atoms with Gasteiger partial charge in [-0.2, -0.15) is 0 Å². The molecule has 0 saturated heterocycles. The predicted molar refractivity (Wildman–Crippen MR) is 107 cm³/mol. The van der Waals surface area contributed by atoms with Gasteiger partial charge < -0.3 is 14.6 Å². The number of carbonyl (C=O) groups excluding carboxylic acids is 1. The van der Waals surface area contributed by atoms with Crippen LogP contribution < -0.4 is 10.1 Å². The van der Waals surface area contributed by atoms with Gasteiger partial charge in [0.15, 0.2) is 11.0 Å². The van der Waals surface area contributed by atoms with Crippen LogP contribution >= 0.6 is 23.4 Å². The maximum absolute atomic E-state index is 13.6. The first-order valence-electron chi connectivity index (χ1n) is 8.48. The third kappa shape index (κ3) is 5.45. The Labute approximate surface area is 175 Å². The second kappa shape index (κ2) is 9.23. The molecule has 10 heteroatoms. The average molecular weight is 439 g/mol. The van der Waals surface area contributed by atoms with Gasteiger partial charge in [-0.05, 0) is 36.8 Å². The largest absolute Gasteiger partial charge is 0.484 e. The molecule has 0 bridgehead atoms. The predicted octanol–water partition coefficient (Wildman–Crippen LogP) is 4.36. The van der Waals surface area contributed by atoms with E-state index in [9.17, 15) is 13.6 Å². The van der Waals surface area contributed by atoms with Crippen molar-refractivity contribution in [1.82, 2.24) is 14.8 Å². The Morgan fingerprint density at radius 3 is 2.79 bits per heavy atom. The average Bonchev–Trinajstić information content (AvgIpc) is 3.03. The number of carbonyl (C=O) groups is 1. The number of ether oxygens (including phenoxy) is 1. The van der Waals surface area contributed by atoms with Crippen LogP contribution in [0.25, 0.3) is 0 Å². The summed E-state index contributed by atoms with van der Waals surface area (Å²) in [6.45, 7) is 2.09. The van der Waals surface area contributed by atoms with E-state index >= 15 is 0 Å². The molecule has 3 rings (SSSR count). The molecule has 0 aliphatic rings. The summed E-state index contributed by atoms with van der Waals surface area (Å²) in [7, 11) is 1.75. The molecule has 152 valence electrons. The van der Waals surface area contributed by atoms with E-state index in [1.165, 1.54) is 6.07 Å². The standard InChI is InChI=1S/C19H17ClF2N4O2S/c1-11-3-5-13(20)16(7-11)28-9-17-24-25-19(26(17)2)29-10-18(27)23-15-6-4-12(21)8-14(15)22/h3-8H,9-10H2,1-2H3,(H,23,27). The molecule has 1 amide bonds. The van der Waals surface area contributed by atoms with Crippen LogP contribution in [0.3, 0.4) is 0 Å². The van der Waals surface area contributed by atoms with Gasteiger partial charge in [-0.1, -0.05) is 29.4 Å². The second-order valence-corrected chi connectivity index (χ2v) is 7.49. The molecule has 0 atom stereocenters. The number of rotatable bonds is 7. The van der Waals surface area contributed by atoms with Crippen LogP contribution in [0.5, 0.6) is 5.75 Å². The number of nitrogens with one attached hydrogen (secondary N) is 1. The summed E-state index contributed by atoms with van der Waals surface area (Å²) in [4.78, 5) is 12.0. The van der Waals surface area contributed by atoms with E-state index in [2.05, 4.69) is 15.5 Å². The summed E-state index contributed by atoms with van der Waals surface area (Å²) in [5, 5.41) is 11.5. The molecule has 1 aromatic heterocycles. The highest BCUT2D eigenvalue weighted by Gasteiger charge is 2.14. The fourth-order valence-corrected chi connectivity index (χ4v) is 3.27. The summed E-state index contributed by atoms with van der Waals surface area (Å²) in [5.74, 6) is -0.924. The van der Waals surface area contributed by atoms with Crippen molar-refractivity contribution >= 4 is 35.0 Å². The molecule has 1 N–H and O–H groups in total. The van der Waals surface area contributed by atoms with Gasteiger partial charge in [-0.3, -0.25) is 4.79 Å². The van der Waals surface area contributed by atoms with Crippen molar-refractivity contribution < 1.29 is 18.3 Å². The van der Waals surface area contributed by atoms with Crippen molar-refractivity contribution in [3.63, 3.8) is 0 Å². The van der Waals surface area contributed by atoms with E-state index in [0.717, 1.165) is 23.4 Å². The number of nitrogens with zero attached hydrogens (tertiary/aromatic N) is 3. The molecule has 0 unspecified atom stereocenters. The zero-order chi connectivity index (χ0) is 21.0. The Hall–Kier alpha value is -2.65. The number of aryl methyl sites for hydroxylation is 1. The molecule has 3 aromatic rings. The lowest BCUT2D eigenvalue weighted by molar-refractivity contribution is -0.113. The Bertz CT molecular complexity index is 1050. The molecule has 0 aliphatic heterocycles. The molecule has 2 aromatic carbocycles. The van der Waals surface area contributed by atoms with Crippen LogP contribution in [0.1, 0.15) is 11.4 Å². The fraction of sp³-hybridized carbons (Fsp3) is 0.211. The van der Waals surface area contributed by atoms with Crippen molar-refractivity contribution in [2.45, 2.75) is 18.7 Å².